The van der Waals surface area contributed by atoms with E-state index >= 15 is 0 Å². The molecule has 21 heavy (non-hydrogen) atoms. The summed E-state index contributed by atoms with van der Waals surface area (Å²) < 4.78 is 13.5. The van der Waals surface area contributed by atoms with E-state index in [2.05, 4.69) is 21.2 Å². The zero-order valence-corrected chi connectivity index (χ0v) is 13.7. The molecule has 0 fully saturated rings. The van der Waals surface area contributed by atoms with E-state index in [9.17, 15) is 9.18 Å². The van der Waals surface area contributed by atoms with Crippen LogP contribution in [-0.4, -0.2) is 10.9 Å². The number of hydrogen-bond donors (Lipinski definition) is 2. The lowest BCUT2D eigenvalue weighted by atomic mass is 10.1. The topological polar surface area (TPSA) is 55.1 Å². The fourth-order valence-corrected chi connectivity index (χ4v) is 2.50. The molecular weight excluding hydrogens is 379 g/mol. The number of hydrogen-bond acceptors (Lipinski definition) is 2. The van der Waals surface area contributed by atoms with E-state index < -0.39 is 11.7 Å². The Morgan fingerprint density at radius 1 is 1.29 bits per heavy atom. The minimum absolute atomic E-state index is 0.0846. The summed E-state index contributed by atoms with van der Waals surface area (Å²) in [4.78, 5) is 12.4. The van der Waals surface area contributed by atoms with Crippen molar-refractivity contribution in [2.24, 2.45) is 5.73 Å². The van der Waals surface area contributed by atoms with Crippen LogP contribution >= 0.6 is 39.7 Å². The van der Waals surface area contributed by atoms with Crippen LogP contribution in [0.1, 0.15) is 15.9 Å². The van der Waals surface area contributed by atoms with Crippen molar-refractivity contribution >= 4 is 56.3 Å². The van der Waals surface area contributed by atoms with Crippen LogP contribution in [0.15, 0.2) is 40.9 Å². The van der Waals surface area contributed by atoms with Gasteiger partial charge in [0.1, 0.15) is 10.8 Å². The molecule has 3 nitrogen and oxygen atoms in total. The molecule has 0 aliphatic heterocycles. The molecule has 0 spiro atoms. The van der Waals surface area contributed by atoms with Crippen LogP contribution in [0.4, 0.5) is 10.1 Å². The van der Waals surface area contributed by atoms with Gasteiger partial charge in [-0.3, -0.25) is 4.79 Å². The molecule has 0 atom stereocenters. The number of halogens is 3. The molecule has 0 heterocycles. The summed E-state index contributed by atoms with van der Waals surface area (Å²) in [7, 11) is 0. The lowest BCUT2D eigenvalue weighted by Crippen LogP contribution is -2.18. The normalized spacial score (nSPS) is 10.2. The van der Waals surface area contributed by atoms with Crippen molar-refractivity contribution in [3.63, 3.8) is 0 Å². The third kappa shape index (κ3) is 3.58. The molecule has 7 heteroatoms. The zero-order valence-electron chi connectivity index (χ0n) is 10.5. The second-order valence-electron chi connectivity index (χ2n) is 4.11. The molecule has 0 bridgehead atoms. The van der Waals surface area contributed by atoms with Gasteiger partial charge in [-0.2, -0.15) is 0 Å². The molecule has 0 aromatic heterocycles. The Morgan fingerprint density at radius 2 is 2.00 bits per heavy atom. The average Bonchev–Trinajstić information content (AvgIpc) is 2.41. The molecule has 2 rings (SSSR count). The van der Waals surface area contributed by atoms with Gasteiger partial charge in [0, 0.05) is 10.6 Å². The Bertz CT molecular complexity index is 739. The van der Waals surface area contributed by atoms with E-state index in [0.717, 1.165) is 0 Å². The minimum Gasteiger partial charge on any atom is -0.389 e. The highest BCUT2D eigenvalue weighted by atomic mass is 79.9. The third-order valence-electron chi connectivity index (χ3n) is 2.69. The molecule has 0 radical (unpaired) electrons. The molecule has 2 aromatic rings. The first-order chi connectivity index (χ1) is 9.90. The van der Waals surface area contributed by atoms with E-state index in [0.29, 0.717) is 16.3 Å². The Balaban J connectivity index is 2.38. The van der Waals surface area contributed by atoms with Crippen LogP contribution in [0, 0.1) is 5.82 Å². The summed E-state index contributed by atoms with van der Waals surface area (Å²) in [5.74, 6) is -1.02. The summed E-state index contributed by atoms with van der Waals surface area (Å²) in [6, 6.07) is 8.95. The first-order valence-corrected chi connectivity index (χ1v) is 7.33. The minimum atomic E-state index is -0.525. The first kappa shape index (κ1) is 15.9. The van der Waals surface area contributed by atoms with Crippen LogP contribution in [0.5, 0.6) is 0 Å². The van der Waals surface area contributed by atoms with Gasteiger partial charge >= 0.3 is 0 Å². The zero-order chi connectivity index (χ0) is 15.6. The predicted octanol–water partition coefficient (Wildman–Crippen LogP) is 4.13. The van der Waals surface area contributed by atoms with Crippen molar-refractivity contribution in [2.75, 3.05) is 5.32 Å². The Morgan fingerprint density at radius 3 is 2.67 bits per heavy atom. The lowest BCUT2D eigenvalue weighted by Gasteiger charge is -2.11. The van der Waals surface area contributed by atoms with E-state index in [1.165, 1.54) is 24.3 Å². The van der Waals surface area contributed by atoms with Gasteiger partial charge in [-0.25, -0.2) is 4.39 Å². The smallest absolute Gasteiger partial charge is 0.256 e. The number of carbonyl (C=O) groups excluding carboxylic acids is 1. The van der Waals surface area contributed by atoms with Crippen LogP contribution < -0.4 is 11.1 Å². The average molecular weight is 388 g/mol. The van der Waals surface area contributed by atoms with Crippen molar-refractivity contribution in [1.82, 2.24) is 0 Å². The van der Waals surface area contributed by atoms with E-state index in [1.807, 2.05) is 0 Å². The van der Waals surface area contributed by atoms with Gasteiger partial charge < -0.3 is 11.1 Å². The van der Waals surface area contributed by atoms with Crippen molar-refractivity contribution in [2.45, 2.75) is 0 Å². The number of anilines is 1. The maximum Gasteiger partial charge on any atom is 0.256 e. The molecule has 0 aliphatic rings. The van der Waals surface area contributed by atoms with Crippen molar-refractivity contribution in [1.29, 1.82) is 0 Å². The van der Waals surface area contributed by atoms with Crippen LogP contribution in [0.3, 0.4) is 0 Å². The largest absolute Gasteiger partial charge is 0.389 e. The predicted molar refractivity (Wildman–Crippen MR) is 89.4 cm³/mol. The molecule has 0 saturated carbocycles. The molecule has 108 valence electrons. The maximum absolute atomic E-state index is 13.5. The number of carbonyl (C=O) groups is 1. The summed E-state index contributed by atoms with van der Waals surface area (Å²) in [5.41, 5.74) is 6.61. The monoisotopic (exact) mass is 386 g/mol. The van der Waals surface area contributed by atoms with E-state index in [-0.39, 0.29) is 15.0 Å². The van der Waals surface area contributed by atoms with Gasteiger partial charge in [-0.15, -0.1) is 0 Å². The van der Waals surface area contributed by atoms with Crippen molar-refractivity contribution in [3.8, 4) is 0 Å². The number of amides is 1. The lowest BCUT2D eigenvalue weighted by molar-refractivity contribution is 0.102. The highest BCUT2D eigenvalue weighted by molar-refractivity contribution is 9.10. The number of rotatable bonds is 3. The van der Waals surface area contributed by atoms with E-state index in [4.69, 9.17) is 29.6 Å². The molecule has 3 N–H and O–H groups in total. The number of nitrogens with two attached hydrogens (primary N) is 1. The van der Waals surface area contributed by atoms with Crippen LogP contribution in [0.25, 0.3) is 0 Å². The first-order valence-electron chi connectivity index (χ1n) is 5.75. The summed E-state index contributed by atoms with van der Waals surface area (Å²) in [6.45, 7) is 0. The molecule has 0 aliphatic carbocycles. The summed E-state index contributed by atoms with van der Waals surface area (Å²) in [5, 5.41) is 3.05. The standard InChI is InChI=1S/C14H9BrClFN2OS/c15-12-9(2-1-3-10(12)17)14(20)19-11-6-7(16)4-5-8(11)13(18)21/h1-6H,(H2,18,21)(H,19,20). The number of benzene rings is 2. The number of nitrogens with one attached hydrogen (secondary N) is 1. The van der Waals surface area contributed by atoms with Gasteiger partial charge in [-0.05, 0) is 46.3 Å². The molecule has 1 amide bonds. The Kier molecular flexibility index (Phi) is 4.92. The maximum atomic E-state index is 13.5. The SMILES string of the molecule is NC(=S)c1ccc(Cl)cc1NC(=O)c1cccc(F)c1Br. The van der Waals surface area contributed by atoms with Gasteiger partial charge in [0.05, 0.1) is 15.7 Å². The highest BCUT2D eigenvalue weighted by Gasteiger charge is 2.15. The van der Waals surface area contributed by atoms with Gasteiger partial charge in [0.15, 0.2) is 0 Å². The molecule has 0 saturated heterocycles. The quantitative estimate of drug-likeness (QED) is 0.779. The summed E-state index contributed by atoms with van der Waals surface area (Å²) in [6.07, 6.45) is 0. The number of thiocarbonyl (C=S) groups is 1. The molecular formula is C14H9BrClFN2OS. The van der Waals surface area contributed by atoms with E-state index in [1.54, 1.807) is 12.1 Å². The second kappa shape index (κ2) is 6.51. The highest BCUT2D eigenvalue weighted by Crippen LogP contribution is 2.24. The van der Waals surface area contributed by atoms with Crippen molar-refractivity contribution in [3.05, 3.63) is 62.8 Å². The van der Waals surface area contributed by atoms with Crippen LogP contribution in [-0.2, 0) is 0 Å². The fraction of sp³-hybridized carbons (Fsp3) is 0. The van der Waals surface area contributed by atoms with Gasteiger partial charge in [0.2, 0.25) is 0 Å². The van der Waals surface area contributed by atoms with Gasteiger partial charge in [0.25, 0.3) is 5.91 Å². The third-order valence-corrected chi connectivity index (χ3v) is 3.95. The molecule has 2 aromatic carbocycles. The fourth-order valence-electron chi connectivity index (χ4n) is 1.70. The molecule has 0 unspecified atom stereocenters. The second-order valence-corrected chi connectivity index (χ2v) is 5.78. The van der Waals surface area contributed by atoms with Crippen LogP contribution in [0.2, 0.25) is 5.02 Å². The van der Waals surface area contributed by atoms with Gasteiger partial charge in [-0.1, -0.05) is 29.9 Å². The summed E-state index contributed by atoms with van der Waals surface area (Å²) >= 11 is 13.9. The Labute approximate surface area is 139 Å². The Hall–Kier alpha value is -1.50. The van der Waals surface area contributed by atoms with Crippen molar-refractivity contribution < 1.29 is 9.18 Å².